The molecule has 0 aliphatic rings. The molecule has 2 aromatic heterocycles. The minimum Gasteiger partial charge on any atom is -0.508 e. The molecule has 0 bridgehead atoms. The van der Waals surface area contributed by atoms with E-state index >= 15 is 0 Å². The monoisotopic (exact) mass is 414 g/mol. The molecule has 29 heavy (non-hydrogen) atoms. The molecular formula is C20H22N4O4S. The SMILES string of the molecule is Cc1nc(C(C)(C)C)nc2sc(C(=O)NCc3cc([N+](=O)[O-])ccc3O)c(C)c12. The molecule has 2 heterocycles. The Kier molecular flexibility index (Phi) is 5.27. The predicted molar refractivity (Wildman–Crippen MR) is 112 cm³/mol. The molecule has 0 spiro atoms. The summed E-state index contributed by atoms with van der Waals surface area (Å²) < 4.78 is 0. The lowest BCUT2D eigenvalue weighted by Gasteiger charge is -2.16. The van der Waals surface area contributed by atoms with Crippen LogP contribution in [0, 0.1) is 24.0 Å². The molecule has 0 fully saturated rings. The van der Waals surface area contributed by atoms with Crippen molar-refractivity contribution in [1.29, 1.82) is 0 Å². The van der Waals surface area contributed by atoms with Gasteiger partial charge in [0.05, 0.1) is 15.5 Å². The van der Waals surface area contributed by atoms with Gasteiger partial charge in [-0.1, -0.05) is 20.8 Å². The molecule has 2 N–H and O–H groups in total. The Balaban J connectivity index is 1.90. The number of nitrogens with one attached hydrogen (secondary N) is 1. The number of fused-ring (bicyclic) bond motifs is 1. The first-order valence-electron chi connectivity index (χ1n) is 9.01. The van der Waals surface area contributed by atoms with E-state index in [9.17, 15) is 20.0 Å². The predicted octanol–water partition coefficient (Wildman–Crippen LogP) is 4.15. The molecule has 0 aliphatic carbocycles. The summed E-state index contributed by atoms with van der Waals surface area (Å²) >= 11 is 1.29. The number of nitro groups is 1. The number of carbonyl (C=O) groups is 1. The van der Waals surface area contributed by atoms with Gasteiger partial charge in [-0.2, -0.15) is 0 Å². The van der Waals surface area contributed by atoms with Crippen LogP contribution in [0.25, 0.3) is 10.2 Å². The van der Waals surface area contributed by atoms with Crippen molar-refractivity contribution in [2.45, 2.75) is 46.6 Å². The third-order valence-electron chi connectivity index (χ3n) is 4.56. The minimum absolute atomic E-state index is 0.0298. The maximum Gasteiger partial charge on any atom is 0.270 e. The summed E-state index contributed by atoms with van der Waals surface area (Å²) in [6, 6.07) is 3.71. The summed E-state index contributed by atoms with van der Waals surface area (Å²) in [5.41, 5.74) is 1.54. The number of non-ortho nitro benzene ring substituents is 1. The van der Waals surface area contributed by atoms with E-state index in [0.29, 0.717) is 4.88 Å². The highest BCUT2D eigenvalue weighted by molar-refractivity contribution is 7.20. The largest absolute Gasteiger partial charge is 0.508 e. The number of hydrogen-bond acceptors (Lipinski definition) is 7. The molecule has 9 heteroatoms. The zero-order valence-electron chi connectivity index (χ0n) is 16.9. The van der Waals surface area contributed by atoms with Gasteiger partial charge in [0, 0.05) is 35.0 Å². The third-order valence-corrected chi connectivity index (χ3v) is 5.75. The van der Waals surface area contributed by atoms with Crippen molar-refractivity contribution in [1.82, 2.24) is 15.3 Å². The molecule has 0 saturated carbocycles. The van der Waals surface area contributed by atoms with Crippen molar-refractivity contribution in [3.63, 3.8) is 0 Å². The number of aromatic hydroxyl groups is 1. The second kappa shape index (κ2) is 7.40. The van der Waals surface area contributed by atoms with Crippen LogP contribution in [-0.4, -0.2) is 25.9 Å². The number of benzene rings is 1. The highest BCUT2D eigenvalue weighted by Crippen LogP contribution is 2.33. The smallest absolute Gasteiger partial charge is 0.270 e. The first kappa shape index (κ1) is 20.7. The first-order chi connectivity index (χ1) is 13.5. The van der Waals surface area contributed by atoms with Gasteiger partial charge >= 0.3 is 0 Å². The van der Waals surface area contributed by atoms with Gasteiger partial charge in [-0.15, -0.1) is 11.3 Å². The third kappa shape index (κ3) is 4.04. The minimum atomic E-state index is -0.546. The van der Waals surface area contributed by atoms with E-state index in [1.165, 1.54) is 29.5 Å². The molecule has 1 aromatic carbocycles. The molecule has 0 saturated heterocycles. The number of phenolic OH excluding ortho intramolecular Hbond substituents is 1. The maximum atomic E-state index is 12.8. The summed E-state index contributed by atoms with van der Waals surface area (Å²) in [4.78, 5) is 33.7. The average molecular weight is 414 g/mol. The maximum absolute atomic E-state index is 12.8. The molecule has 0 atom stereocenters. The molecule has 3 aromatic rings. The Labute approximate surface area is 171 Å². The highest BCUT2D eigenvalue weighted by Gasteiger charge is 2.23. The zero-order chi connectivity index (χ0) is 21.5. The van der Waals surface area contributed by atoms with E-state index in [4.69, 9.17) is 0 Å². The Morgan fingerprint density at radius 3 is 2.59 bits per heavy atom. The summed E-state index contributed by atoms with van der Waals surface area (Å²) in [5, 5.41) is 24.4. The van der Waals surface area contributed by atoms with Crippen molar-refractivity contribution in [3.05, 3.63) is 55.8 Å². The summed E-state index contributed by atoms with van der Waals surface area (Å²) in [7, 11) is 0. The highest BCUT2D eigenvalue weighted by atomic mass is 32.1. The number of nitrogens with zero attached hydrogens (tertiary/aromatic N) is 3. The number of aryl methyl sites for hydroxylation is 2. The molecule has 3 rings (SSSR count). The van der Waals surface area contributed by atoms with Crippen LogP contribution in [0.4, 0.5) is 5.69 Å². The summed E-state index contributed by atoms with van der Waals surface area (Å²) in [5.74, 6) is 0.283. The van der Waals surface area contributed by atoms with E-state index in [-0.39, 0.29) is 34.9 Å². The average Bonchev–Trinajstić information content (AvgIpc) is 2.97. The number of carbonyl (C=O) groups excluding carboxylic acids is 1. The standard InChI is InChI=1S/C20H22N4O4S/c1-10-15-11(2)22-19(20(3,4)5)23-18(15)29-16(10)17(26)21-9-12-8-13(24(27)28)6-7-14(12)25/h6-8,25H,9H2,1-5H3,(H,21,26). The van der Waals surface area contributed by atoms with Crippen molar-refractivity contribution >= 4 is 33.1 Å². The fourth-order valence-electron chi connectivity index (χ4n) is 2.97. The molecule has 8 nitrogen and oxygen atoms in total. The molecule has 0 radical (unpaired) electrons. The Morgan fingerprint density at radius 1 is 1.28 bits per heavy atom. The number of thiophene rings is 1. The van der Waals surface area contributed by atoms with Crippen molar-refractivity contribution < 1.29 is 14.8 Å². The topological polar surface area (TPSA) is 118 Å². The van der Waals surface area contributed by atoms with Gasteiger partial charge in [0.15, 0.2) is 0 Å². The van der Waals surface area contributed by atoms with E-state index in [1.54, 1.807) is 0 Å². The van der Waals surface area contributed by atoms with Gasteiger partial charge < -0.3 is 10.4 Å². The van der Waals surface area contributed by atoms with Crippen LogP contribution in [0.1, 0.15) is 53.1 Å². The van der Waals surface area contributed by atoms with Crippen molar-refractivity contribution in [2.24, 2.45) is 0 Å². The van der Waals surface area contributed by atoms with Crippen LogP contribution in [0.3, 0.4) is 0 Å². The Hall–Kier alpha value is -3.07. The quantitative estimate of drug-likeness (QED) is 0.489. The van der Waals surface area contributed by atoms with E-state index < -0.39 is 4.92 Å². The number of nitro benzene ring substituents is 1. The molecule has 152 valence electrons. The number of aromatic nitrogens is 2. The number of rotatable bonds is 4. The van der Waals surface area contributed by atoms with Crippen LogP contribution in [0.15, 0.2) is 18.2 Å². The first-order valence-corrected chi connectivity index (χ1v) is 9.83. The Bertz CT molecular complexity index is 1130. The van der Waals surface area contributed by atoms with Crippen LogP contribution in [0.5, 0.6) is 5.75 Å². The normalized spacial score (nSPS) is 11.6. The van der Waals surface area contributed by atoms with Gasteiger partial charge in [-0.05, 0) is 25.5 Å². The van der Waals surface area contributed by atoms with Gasteiger partial charge in [-0.3, -0.25) is 14.9 Å². The van der Waals surface area contributed by atoms with Crippen LogP contribution < -0.4 is 5.32 Å². The zero-order valence-corrected chi connectivity index (χ0v) is 17.7. The van der Waals surface area contributed by atoms with Gasteiger partial charge in [0.1, 0.15) is 16.4 Å². The molecule has 0 aliphatic heterocycles. The van der Waals surface area contributed by atoms with Gasteiger partial charge in [-0.25, -0.2) is 9.97 Å². The van der Waals surface area contributed by atoms with E-state index in [1.807, 2.05) is 34.6 Å². The fourth-order valence-corrected chi connectivity index (χ4v) is 4.12. The number of amides is 1. The summed E-state index contributed by atoms with van der Waals surface area (Å²) in [6.45, 7) is 9.83. The van der Waals surface area contributed by atoms with E-state index in [2.05, 4.69) is 15.3 Å². The lowest BCUT2D eigenvalue weighted by Crippen LogP contribution is -2.22. The van der Waals surface area contributed by atoms with Gasteiger partial charge in [0.2, 0.25) is 0 Å². The molecular weight excluding hydrogens is 392 g/mol. The van der Waals surface area contributed by atoms with Crippen LogP contribution in [0.2, 0.25) is 0 Å². The van der Waals surface area contributed by atoms with Gasteiger partial charge in [0.25, 0.3) is 11.6 Å². The molecule has 1 amide bonds. The number of hydrogen-bond donors (Lipinski definition) is 2. The van der Waals surface area contributed by atoms with Crippen LogP contribution >= 0.6 is 11.3 Å². The lowest BCUT2D eigenvalue weighted by atomic mass is 9.95. The Morgan fingerprint density at radius 2 is 1.97 bits per heavy atom. The van der Waals surface area contributed by atoms with Crippen molar-refractivity contribution in [2.75, 3.05) is 0 Å². The lowest BCUT2D eigenvalue weighted by molar-refractivity contribution is -0.384. The molecule has 0 unspecified atom stereocenters. The van der Waals surface area contributed by atoms with Crippen molar-refractivity contribution in [3.8, 4) is 5.75 Å². The number of phenols is 1. The van der Waals surface area contributed by atoms with Crippen LogP contribution in [-0.2, 0) is 12.0 Å². The second-order valence-electron chi connectivity index (χ2n) is 7.87. The van der Waals surface area contributed by atoms with E-state index in [0.717, 1.165) is 27.3 Å². The fraction of sp³-hybridized carbons (Fsp3) is 0.350. The second-order valence-corrected chi connectivity index (χ2v) is 8.87. The summed E-state index contributed by atoms with van der Waals surface area (Å²) in [6.07, 6.45) is 0.